The fourth-order valence-corrected chi connectivity index (χ4v) is 5.36. The number of hydrogen-bond donors (Lipinski definition) is 0. The maximum Gasteiger partial charge on any atom is 0.199 e. The second-order valence-corrected chi connectivity index (χ2v) is 9.88. The number of nitriles is 1. The summed E-state index contributed by atoms with van der Waals surface area (Å²) >= 11 is 0. The molecule has 1 aromatic carbocycles. The van der Waals surface area contributed by atoms with Crippen molar-refractivity contribution >= 4 is 0 Å². The van der Waals surface area contributed by atoms with Gasteiger partial charge in [-0.1, -0.05) is 68.3 Å². The van der Waals surface area contributed by atoms with E-state index in [1.165, 1.54) is 81.9 Å². The topological polar surface area (TPSA) is 23.8 Å². The summed E-state index contributed by atoms with van der Waals surface area (Å²) < 4.78 is 12.9. The van der Waals surface area contributed by atoms with E-state index in [1.807, 2.05) is 0 Å². The molecule has 3 rings (SSSR count). The lowest BCUT2D eigenvalue weighted by Crippen LogP contribution is -2.14. The first kappa shape index (κ1) is 24.5. The first-order valence-electron chi connectivity index (χ1n) is 12.9. The summed E-state index contributed by atoms with van der Waals surface area (Å²) in [6, 6.07) is 11.0. The number of unbranched alkanes of at least 4 members (excludes halogenated alkanes) is 2. The molecule has 2 aliphatic carbocycles. The van der Waals surface area contributed by atoms with Crippen molar-refractivity contribution in [3.8, 4) is 6.07 Å². The first-order chi connectivity index (χ1) is 15.7. The van der Waals surface area contributed by atoms with Gasteiger partial charge in [-0.05, 0) is 105 Å². The average Bonchev–Trinajstić information content (AvgIpc) is 2.84. The SMILES string of the molecule is CCCCCc1ccc([C@H]2CC[C@H](/C=C/[C@H]3CC[C@H](C=CC=C(F)C#N)CC3)CC2)cc1. The van der Waals surface area contributed by atoms with Crippen molar-refractivity contribution in [2.75, 3.05) is 0 Å². The van der Waals surface area contributed by atoms with Gasteiger partial charge in [-0.3, -0.25) is 0 Å². The van der Waals surface area contributed by atoms with Crippen LogP contribution in [-0.2, 0) is 6.42 Å². The fourth-order valence-electron chi connectivity index (χ4n) is 5.36. The Hall–Kier alpha value is -2.14. The predicted octanol–water partition coefficient (Wildman–Crippen LogP) is 8.99. The van der Waals surface area contributed by atoms with E-state index in [4.69, 9.17) is 5.26 Å². The molecule has 0 radical (unpaired) electrons. The Labute approximate surface area is 195 Å². The quantitative estimate of drug-likeness (QED) is 0.165. The molecule has 2 aliphatic rings. The average molecular weight is 434 g/mol. The Bertz CT molecular complexity index is 794. The van der Waals surface area contributed by atoms with Gasteiger partial charge in [-0.25, -0.2) is 0 Å². The van der Waals surface area contributed by atoms with Crippen molar-refractivity contribution in [2.45, 2.75) is 89.9 Å². The van der Waals surface area contributed by atoms with Gasteiger partial charge >= 0.3 is 0 Å². The largest absolute Gasteiger partial charge is 0.199 e. The van der Waals surface area contributed by atoms with Gasteiger partial charge in [0.1, 0.15) is 6.07 Å². The molecule has 1 nitrogen and oxygen atoms in total. The Morgan fingerprint density at radius 1 is 0.875 bits per heavy atom. The van der Waals surface area contributed by atoms with Crippen LogP contribution >= 0.6 is 0 Å². The van der Waals surface area contributed by atoms with Crippen LogP contribution < -0.4 is 0 Å². The molecule has 0 spiro atoms. The maximum absolute atomic E-state index is 12.9. The minimum absolute atomic E-state index is 0.524. The smallest absolute Gasteiger partial charge is 0.195 e. The molecule has 0 saturated heterocycles. The Morgan fingerprint density at radius 3 is 2.00 bits per heavy atom. The lowest BCUT2D eigenvalue weighted by Gasteiger charge is -2.28. The van der Waals surface area contributed by atoms with Crippen LogP contribution in [0.5, 0.6) is 0 Å². The highest BCUT2D eigenvalue weighted by Crippen LogP contribution is 2.37. The molecule has 0 atom stereocenters. The van der Waals surface area contributed by atoms with E-state index < -0.39 is 5.83 Å². The molecule has 0 unspecified atom stereocenters. The van der Waals surface area contributed by atoms with E-state index in [1.54, 1.807) is 11.6 Å². The van der Waals surface area contributed by atoms with E-state index in [9.17, 15) is 4.39 Å². The monoisotopic (exact) mass is 433 g/mol. The van der Waals surface area contributed by atoms with E-state index in [0.29, 0.717) is 11.8 Å². The van der Waals surface area contributed by atoms with Crippen LogP contribution in [0.25, 0.3) is 0 Å². The van der Waals surface area contributed by atoms with Crippen LogP contribution in [0.3, 0.4) is 0 Å². The Balaban J connectivity index is 1.37. The van der Waals surface area contributed by atoms with Crippen molar-refractivity contribution in [2.24, 2.45) is 17.8 Å². The highest BCUT2D eigenvalue weighted by Gasteiger charge is 2.22. The van der Waals surface area contributed by atoms with E-state index >= 15 is 0 Å². The Kier molecular flexibility index (Phi) is 10.3. The summed E-state index contributed by atoms with van der Waals surface area (Å²) in [6.07, 6.45) is 25.2. The van der Waals surface area contributed by atoms with Gasteiger partial charge in [0.05, 0.1) is 0 Å². The molecule has 32 heavy (non-hydrogen) atoms. The van der Waals surface area contributed by atoms with Crippen LogP contribution in [-0.4, -0.2) is 0 Å². The molecule has 0 N–H and O–H groups in total. The summed E-state index contributed by atoms with van der Waals surface area (Å²) in [4.78, 5) is 0. The minimum Gasteiger partial charge on any atom is -0.195 e. The third-order valence-electron chi connectivity index (χ3n) is 7.50. The fraction of sp³-hybridized carbons (Fsp3) is 0.567. The first-order valence-corrected chi connectivity index (χ1v) is 12.9. The molecule has 0 bridgehead atoms. The van der Waals surface area contributed by atoms with Gasteiger partial charge in [0.15, 0.2) is 5.83 Å². The summed E-state index contributed by atoms with van der Waals surface area (Å²) in [7, 11) is 0. The van der Waals surface area contributed by atoms with Crippen LogP contribution in [0, 0.1) is 29.1 Å². The molecule has 2 heteroatoms. The van der Waals surface area contributed by atoms with Crippen molar-refractivity contribution in [1.82, 2.24) is 0 Å². The highest BCUT2D eigenvalue weighted by molar-refractivity contribution is 5.26. The van der Waals surface area contributed by atoms with Crippen molar-refractivity contribution in [3.63, 3.8) is 0 Å². The van der Waals surface area contributed by atoms with Gasteiger partial charge in [0, 0.05) is 0 Å². The molecule has 1 aromatic rings. The standard InChI is InChI=1S/C30H40FN/c1-2-3-4-6-24-15-19-28(20-16-24)29-21-17-27(18-22-29)14-13-26-11-9-25(10-12-26)7-5-8-30(31)23-32/h5,7-8,13-16,19-20,25-27,29H,2-4,6,9-12,17-18,21-22H2,1H3/b7-5?,14-13+,30-8?/t25-,26-,27-,29-. The number of hydrogen-bond acceptors (Lipinski definition) is 1. The van der Waals surface area contributed by atoms with Crippen molar-refractivity contribution in [1.29, 1.82) is 5.26 Å². The van der Waals surface area contributed by atoms with Gasteiger partial charge in [0.25, 0.3) is 0 Å². The summed E-state index contributed by atoms with van der Waals surface area (Å²) in [5.74, 6) is 2.00. The maximum atomic E-state index is 12.9. The molecule has 0 amide bonds. The number of allylic oxidation sites excluding steroid dienone is 6. The number of rotatable bonds is 9. The van der Waals surface area contributed by atoms with Gasteiger partial charge < -0.3 is 0 Å². The third kappa shape index (κ3) is 8.09. The number of nitrogens with zero attached hydrogens (tertiary/aromatic N) is 1. The van der Waals surface area contributed by atoms with Gasteiger partial charge in [-0.15, -0.1) is 0 Å². The lowest BCUT2D eigenvalue weighted by molar-refractivity contribution is 0.348. The van der Waals surface area contributed by atoms with Crippen LogP contribution in [0.4, 0.5) is 4.39 Å². The van der Waals surface area contributed by atoms with E-state index in [-0.39, 0.29) is 0 Å². The number of halogens is 1. The van der Waals surface area contributed by atoms with Crippen molar-refractivity contribution in [3.05, 3.63) is 71.6 Å². The van der Waals surface area contributed by atoms with Crippen LogP contribution in [0.1, 0.15) is 94.6 Å². The molecular weight excluding hydrogens is 393 g/mol. The van der Waals surface area contributed by atoms with E-state index in [0.717, 1.165) is 24.7 Å². The van der Waals surface area contributed by atoms with Crippen molar-refractivity contribution < 1.29 is 4.39 Å². The molecule has 0 aromatic heterocycles. The highest BCUT2D eigenvalue weighted by atomic mass is 19.1. The molecule has 2 fully saturated rings. The minimum atomic E-state index is -0.716. The van der Waals surface area contributed by atoms with Gasteiger partial charge in [0.2, 0.25) is 0 Å². The molecular formula is C30H40FN. The van der Waals surface area contributed by atoms with Gasteiger partial charge in [-0.2, -0.15) is 9.65 Å². The Morgan fingerprint density at radius 2 is 1.44 bits per heavy atom. The summed E-state index contributed by atoms with van der Waals surface area (Å²) in [5.41, 5.74) is 3.04. The summed E-state index contributed by atoms with van der Waals surface area (Å²) in [6.45, 7) is 2.26. The molecule has 2 saturated carbocycles. The zero-order valence-corrected chi connectivity index (χ0v) is 19.8. The number of benzene rings is 1. The normalized spacial score (nSPS) is 27.1. The predicted molar refractivity (Wildman–Crippen MR) is 133 cm³/mol. The second kappa shape index (κ2) is 13.4. The second-order valence-electron chi connectivity index (χ2n) is 9.88. The summed E-state index contributed by atoms with van der Waals surface area (Å²) in [5, 5.41) is 8.45. The molecule has 0 aliphatic heterocycles. The van der Waals surface area contributed by atoms with E-state index in [2.05, 4.69) is 49.4 Å². The zero-order chi connectivity index (χ0) is 22.6. The third-order valence-corrected chi connectivity index (χ3v) is 7.50. The zero-order valence-electron chi connectivity index (χ0n) is 19.8. The molecule has 172 valence electrons. The lowest BCUT2D eigenvalue weighted by atomic mass is 9.77. The van der Waals surface area contributed by atoms with Crippen LogP contribution in [0.15, 0.2) is 60.5 Å². The number of aryl methyl sites for hydroxylation is 1. The molecule has 0 heterocycles. The van der Waals surface area contributed by atoms with Crippen LogP contribution in [0.2, 0.25) is 0 Å².